The van der Waals surface area contributed by atoms with E-state index in [9.17, 15) is 10.1 Å². The Morgan fingerprint density at radius 1 is 1.11 bits per heavy atom. The van der Waals surface area contributed by atoms with Crippen molar-refractivity contribution < 1.29 is 13.9 Å². The third-order valence-electron chi connectivity index (χ3n) is 4.67. The highest BCUT2D eigenvalue weighted by atomic mass is 16.5. The molecule has 3 aromatic rings. The number of ether oxygens (including phenoxy) is 1. The summed E-state index contributed by atoms with van der Waals surface area (Å²) >= 11 is 0. The average molecular weight is 359 g/mol. The number of para-hydroxylation sites is 1. The Bertz CT molecular complexity index is 1120. The van der Waals surface area contributed by atoms with Crippen LogP contribution in [-0.4, -0.2) is 19.9 Å². The molecule has 1 aliphatic heterocycles. The van der Waals surface area contributed by atoms with E-state index in [2.05, 4.69) is 0 Å². The first-order chi connectivity index (χ1) is 13.0. The van der Waals surface area contributed by atoms with Crippen LogP contribution in [0.5, 0.6) is 5.75 Å². The molecule has 1 atom stereocenters. The first-order valence-electron chi connectivity index (χ1n) is 8.42. The molecule has 134 valence electrons. The minimum absolute atomic E-state index is 0.0751. The Kier molecular flexibility index (Phi) is 3.85. The van der Waals surface area contributed by atoms with E-state index in [1.165, 1.54) is 0 Å². The van der Waals surface area contributed by atoms with Gasteiger partial charge in [-0.1, -0.05) is 24.3 Å². The van der Waals surface area contributed by atoms with Crippen LogP contribution in [0.15, 0.2) is 64.4 Å². The Labute approximate surface area is 156 Å². The lowest BCUT2D eigenvalue weighted by Gasteiger charge is -2.16. The van der Waals surface area contributed by atoms with Crippen LogP contribution in [0.2, 0.25) is 0 Å². The normalized spacial score (nSPS) is 16.5. The van der Waals surface area contributed by atoms with Gasteiger partial charge in [-0.05, 0) is 29.8 Å². The van der Waals surface area contributed by atoms with E-state index in [-0.39, 0.29) is 28.7 Å². The van der Waals surface area contributed by atoms with Crippen LogP contribution >= 0.6 is 0 Å². The second-order valence-electron chi connectivity index (χ2n) is 6.53. The minimum atomic E-state index is -0.881. The van der Waals surface area contributed by atoms with Gasteiger partial charge in [-0.25, -0.2) is 0 Å². The number of benzene rings is 2. The Morgan fingerprint density at radius 3 is 2.48 bits per heavy atom. The van der Waals surface area contributed by atoms with Gasteiger partial charge in [0.2, 0.25) is 17.4 Å². The van der Waals surface area contributed by atoms with E-state index < -0.39 is 5.92 Å². The molecule has 4 rings (SSSR count). The van der Waals surface area contributed by atoms with Crippen LogP contribution in [0.25, 0.3) is 11.0 Å². The molecule has 1 unspecified atom stereocenters. The molecule has 1 aromatic heterocycles. The Morgan fingerprint density at radius 2 is 1.81 bits per heavy atom. The molecule has 2 aromatic carbocycles. The van der Waals surface area contributed by atoms with Crippen LogP contribution in [0.1, 0.15) is 22.0 Å². The number of rotatable bonds is 2. The Balaban J connectivity index is 1.91. The summed E-state index contributed by atoms with van der Waals surface area (Å²) in [6.07, 6.45) is 0. The van der Waals surface area contributed by atoms with Crippen molar-refractivity contribution >= 4 is 22.4 Å². The van der Waals surface area contributed by atoms with E-state index in [0.29, 0.717) is 16.5 Å². The van der Waals surface area contributed by atoms with E-state index >= 15 is 0 Å². The Hall–Kier alpha value is -3.72. The van der Waals surface area contributed by atoms with Crippen molar-refractivity contribution in [3.63, 3.8) is 0 Å². The van der Waals surface area contributed by atoms with Crippen molar-refractivity contribution in [2.45, 2.75) is 5.92 Å². The van der Waals surface area contributed by atoms with Crippen molar-refractivity contribution in [1.82, 2.24) is 0 Å². The molecule has 0 saturated carbocycles. The number of allylic oxidation sites excluding steroid dienone is 1. The van der Waals surface area contributed by atoms with Gasteiger partial charge in [-0.3, -0.25) is 4.79 Å². The van der Waals surface area contributed by atoms with Gasteiger partial charge in [0, 0.05) is 19.8 Å². The first-order valence-corrected chi connectivity index (χ1v) is 8.42. The first kappa shape index (κ1) is 16.7. The summed E-state index contributed by atoms with van der Waals surface area (Å²) in [7, 11) is 3.86. The molecule has 6 nitrogen and oxygen atoms in total. The summed E-state index contributed by atoms with van der Waals surface area (Å²) in [5, 5.41) is 10.3. The fraction of sp³-hybridized carbons (Fsp3) is 0.143. The molecule has 6 heteroatoms. The largest absolute Gasteiger partial charge is 0.449 e. The van der Waals surface area contributed by atoms with Crippen molar-refractivity contribution in [2.24, 2.45) is 5.73 Å². The van der Waals surface area contributed by atoms with Crippen molar-refractivity contribution in [1.29, 1.82) is 5.26 Å². The van der Waals surface area contributed by atoms with Crippen LogP contribution in [-0.2, 0) is 0 Å². The van der Waals surface area contributed by atoms with Crippen molar-refractivity contribution in [3.8, 4) is 11.8 Å². The monoisotopic (exact) mass is 359 g/mol. The van der Waals surface area contributed by atoms with Gasteiger partial charge >= 0.3 is 0 Å². The SMILES string of the molecule is CN(C)c1ccc(C2C(=O)c3oc4ccccc4c3OC(N)=C2C#N)cc1. The molecular formula is C21H17N3O3. The maximum Gasteiger partial charge on any atom is 0.214 e. The summed E-state index contributed by atoms with van der Waals surface area (Å²) in [6, 6.07) is 16.6. The number of carbonyl (C=O) groups is 1. The maximum atomic E-state index is 13.3. The minimum Gasteiger partial charge on any atom is -0.449 e. The molecule has 1 aliphatic rings. The van der Waals surface area contributed by atoms with Crippen molar-refractivity contribution in [2.75, 3.05) is 19.0 Å². The van der Waals surface area contributed by atoms with Crippen LogP contribution in [0.4, 0.5) is 5.69 Å². The van der Waals surface area contributed by atoms with Gasteiger partial charge in [-0.2, -0.15) is 5.26 Å². The van der Waals surface area contributed by atoms with Crippen LogP contribution < -0.4 is 15.4 Å². The van der Waals surface area contributed by atoms with Gasteiger partial charge in [0.15, 0.2) is 5.75 Å². The van der Waals surface area contributed by atoms with Gasteiger partial charge in [0.05, 0.1) is 11.3 Å². The number of anilines is 1. The molecule has 0 spiro atoms. The number of nitrogens with zero attached hydrogens (tertiary/aromatic N) is 2. The summed E-state index contributed by atoms with van der Waals surface area (Å²) < 4.78 is 11.5. The maximum absolute atomic E-state index is 13.3. The van der Waals surface area contributed by atoms with E-state index in [0.717, 1.165) is 5.69 Å². The van der Waals surface area contributed by atoms with Crippen LogP contribution in [0.3, 0.4) is 0 Å². The van der Waals surface area contributed by atoms with Crippen LogP contribution in [0, 0.1) is 11.3 Å². The molecule has 0 saturated heterocycles. The fourth-order valence-electron chi connectivity index (χ4n) is 3.26. The van der Waals surface area contributed by atoms with E-state index in [1.807, 2.05) is 61.5 Å². The standard InChI is InChI=1S/C21H17N3O3/c1-24(2)13-9-7-12(8-10-13)17-15(11-22)21(23)27-19-14-5-3-4-6-16(14)26-20(19)18(17)25/h3-10,17H,23H2,1-2H3. The third-order valence-corrected chi connectivity index (χ3v) is 4.67. The van der Waals surface area contributed by atoms with Gasteiger partial charge < -0.3 is 19.8 Å². The summed E-state index contributed by atoms with van der Waals surface area (Å²) in [4.78, 5) is 15.3. The summed E-state index contributed by atoms with van der Waals surface area (Å²) in [6.45, 7) is 0. The number of hydrogen-bond acceptors (Lipinski definition) is 6. The van der Waals surface area contributed by atoms with Gasteiger partial charge in [0.1, 0.15) is 17.2 Å². The second-order valence-corrected chi connectivity index (χ2v) is 6.53. The molecule has 27 heavy (non-hydrogen) atoms. The van der Waals surface area contributed by atoms with Crippen molar-refractivity contribution in [3.05, 3.63) is 71.3 Å². The highest BCUT2D eigenvalue weighted by Crippen LogP contribution is 2.42. The van der Waals surface area contributed by atoms with Gasteiger partial charge in [0.25, 0.3) is 0 Å². The molecule has 0 amide bonds. The summed E-state index contributed by atoms with van der Waals surface area (Å²) in [5.74, 6) is -0.985. The molecular weight excluding hydrogens is 342 g/mol. The number of Topliss-reactive ketones (excluding diaryl/α,β-unsaturated/α-hetero) is 1. The average Bonchev–Trinajstić information content (AvgIpc) is 2.99. The zero-order valence-electron chi connectivity index (χ0n) is 14.9. The lowest BCUT2D eigenvalue weighted by Crippen LogP contribution is -2.17. The highest BCUT2D eigenvalue weighted by molar-refractivity contribution is 6.08. The summed E-state index contributed by atoms with van der Waals surface area (Å²) in [5.41, 5.74) is 8.30. The predicted octanol–water partition coefficient (Wildman–Crippen LogP) is 3.55. The van der Waals surface area contributed by atoms with Gasteiger partial charge in [-0.15, -0.1) is 0 Å². The molecule has 2 N–H and O–H groups in total. The number of fused-ring (bicyclic) bond motifs is 3. The molecule has 0 radical (unpaired) electrons. The molecule has 0 bridgehead atoms. The smallest absolute Gasteiger partial charge is 0.214 e. The lowest BCUT2D eigenvalue weighted by molar-refractivity contribution is 0.0949. The van der Waals surface area contributed by atoms with E-state index in [1.54, 1.807) is 12.1 Å². The number of nitriles is 1. The number of nitrogens with two attached hydrogens (primary N) is 1. The third kappa shape index (κ3) is 2.61. The predicted molar refractivity (Wildman–Crippen MR) is 102 cm³/mol. The molecule has 0 fully saturated rings. The quantitative estimate of drug-likeness (QED) is 0.752. The zero-order valence-corrected chi connectivity index (χ0v) is 14.9. The van der Waals surface area contributed by atoms with E-state index in [4.69, 9.17) is 14.9 Å². The highest BCUT2D eigenvalue weighted by Gasteiger charge is 2.37. The zero-order chi connectivity index (χ0) is 19.1. The topological polar surface area (TPSA) is 92.5 Å². The number of furan rings is 1. The molecule has 2 heterocycles. The fourth-order valence-corrected chi connectivity index (χ4v) is 3.26. The number of hydrogen-bond donors (Lipinski definition) is 1. The number of carbonyl (C=O) groups excluding carboxylic acids is 1. The second kappa shape index (κ2) is 6.22. The number of ketones is 1. The molecule has 0 aliphatic carbocycles. The lowest BCUT2D eigenvalue weighted by atomic mass is 9.87.